The summed E-state index contributed by atoms with van der Waals surface area (Å²) in [5, 5.41) is 8.51. The van der Waals surface area contributed by atoms with E-state index < -0.39 is 18.3 Å². The van der Waals surface area contributed by atoms with Crippen molar-refractivity contribution in [2.75, 3.05) is 11.9 Å². The summed E-state index contributed by atoms with van der Waals surface area (Å²) < 4.78 is 1.68. The number of amides is 1. The number of hydrogen-bond donors (Lipinski definition) is 1. The van der Waals surface area contributed by atoms with Crippen molar-refractivity contribution in [1.82, 2.24) is 0 Å². The number of carbonyl (C=O) groups is 2. The molecule has 1 N–H and O–H groups in total. The Morgan fingerprint density at radius 3 is 2.44 bits per heavy atom. The number of nitrogens with zero attached hydrogens (tertiary/aromatic N) is 1. The van der Waals surface area contributed by atoms with E-state index in [2.05, 4.69) is 31.9 Å². The Morgan fingerprint density at radius 2 is 1.94 bits per heavy atom. The maximum atomic E-state index is 11.5. The van der Waals surface area contributed by atoms with Crippen LogP contribution in [0, 0.1) is 0 Å². The molecular weight excluding hydrogens is 342 g/mol. The van der Waals surface area contributed by atoms with E-state index in [0.717, 1.165) is 8.95 Å². The van der Waals surface area contributed by atoms with Crippen molar-refractivity contribution in [1.29, 1.82) is 0 Å². The van der Waals surface area contributed by atoms with E-state index in [9.17, 15) is 9.59 Å². The number of aliphatic carboxylic acids is 1. The molecule has 1 aromatic rings. The van der Waals surface area contributed by atoms with Gasteiger partial charge in [0.05, 0.1) is 0 Å². The standard InChI is InChI=1S/C10H9Br2NO3/c1-13(9(14)5-10(15)16)6-2-3-7(11)8(12)4-6/h2-4H,5H2,1H3,(H,15,16). The molecule has 86 valence electrons. The van der Waals surface area contributed by atoms with Crippen molar-refractivity contribution in [2.24, 2.45) is 0 Å². The van der Waals surface area contributed by atoms with Crippen LogP contribution in [0.5, 0.6) is 0 Å². The van der Waals surface area contributed by atoms with E-state index in [1.807, 2.05) is 0 Å². The highest BCUT2D eigenvalue weighted by Gasteiger charge is 2.15. The summed E-state index contributed by atoms with van der Waals surface area (Å²) in [6, 6.07) is 5.25. The summed E-state index contributed by atoms with van der Waals surface area (Å²) in [5.74, 6) is -1.59. The molecule has 0 saturated carbocycles. The number of rotatable bonds is 3. The maximum absolute atomic E-state index is 11.5. The van der Waals surface area contributed by atoms with Gasteiger partial charge >= 0.3 is 5.97 Å². The minimum atomic E-state index is -1.13. The third-order valence-corrected chi connectivity index (χ3v) is 3.85. The molecular formula is C10H9Br2NO3. The number of hydrogen-bond acceptors (Lipinski definition) is 2. The lowest BCUT2D eigenvalue weighted by Crippen LogP contribution is -2.28. The first-order valence-corrected chi connectivity index (χ1v) is 5.94. The van der Waals surface area contributed by atoms with E-state index in [-0.39, 0.29) is 0 Å². The van der Waals surface area contributed by atoms with Gasteiger partial charge in [0.25, 0.3) is 0 Å². The normalized spacial score (nSPS) is 9.94. The molecule has 6 heteroatoms. The van der Waals surface area contributed by atoms with Gasteiger partial charge in [-0.2, -0.15) is 0 Å². The highest BCUT2D eigenvalue weighted by Crippen LogP contribution is 2.27. The fourth-order valence-electron chi connectivity index (χ4n) is 1.09. The van der Waals surface area contributed by atoms with Crippen molar-refractivity contribution in [2.45, 2.75) is 6.42 Å². The molecule has 0 atom stereocenters. The predicted molar refractivity (Wildman–Crippen MR) is 67.5 cm³/mol. The van der Waals surface area contributed by atoms with Crippen molar-refractivity contribution in [3.8, 4) is 0 Å². The van der Waals surface area contributed by atoms with Gasteiger partial charge in [-0.05, 0) is 50.1 Å². The third-order valence-electron chi connectivity index (χ3n) is 1.97. The van der Waals surface area contributed by atoms with Gasteiger partial charge < -0.3 is 10.0 Å². The van der Waals surface area contributed by atoms with E-state index >= 15 is 0 Å². The van der Waals surface area contributed by atoms with Gasteiger partial charge in [-0.1, -0.05) is 0 Å². The van der Waals surface area contributed by atoms with Crippen LogP contribution in [0.15, 0.2) is 27.1 Å². The SMILES string of the molecule is CN(C(=O)CC(=O)O)c1ccc(Br)c(Br)c1. The smallest absolute Gasteiger partial charge is 0.312 e. The zero-order chi connectivity index (χ0) is 12.3. The van der Waals surface area contributed by atoms with Crippen LogP contribution in [0.1, 0.15) is 6.42 Å². The van der Waals surface area contributed by atoms with Crippen LogP contribution >= 0.6 is 31.9 Å². The van der Waals surface area contributed by atoms with Crippen molar-refractivity contribution in [3.05, 3.63) is 27.1 Å². The van der Waals surface area contributed by atoms with Crippen LogP contribution in [0.2, 0.25) is 0 Å². The first-order chi connectivity index (χ1) is 7.41. The van der Waals surface area contributed by atoms with E-state index in [1.54, 1.807) is 25.2 Å². The van der Waals surface area contributed by atoms with Crippen LogP contribution < -0.4 is 4.90 Å². The number of benzene rings is 1. The average molecular weight is 351 g/mol. The topological polar surface area (TPSA) is 57.6 Å². The molecule has 0 saturated heterocycles. The minimum Gasteiger partial charge on any atom is -0.481 e. The minimum absolute atomic E-state index is 0.457. The molecule has 1 amide bonds. The number of carboxylic acid groups (broad SMARTS) is 1. The number of anilines is 1. The lowest BCUT2D eigenvalue weighted by atomic mass is 10.3. The lowest BCUT2D eigenvalue weighted by molar-refractivity contribution is -0.140. The first kappa shape index (κ1) is 13.2. The molecule has 0 bridgehead atoms. The Labute approximate surface area is 110 Å². The van der Waals surface area contributed by atoms with Crippen LogP contribution in [0.25, 0.3) is 0 Å². The predicted octanol–water partition coefficient (Wildman–Crippen LogP) is 2.65. The van der Waals surface area contributed by atoms with Gasteiger partial charge in [0, 0.05) is 21.7 Å². The summed E-state index contributed by atoms with van der Waals surface area (Å²) in [4.78, 5) is 23.2. The summed E-state index contributed by atoms with van der Waals surface area (Å²) in [7, 11) is 1.54. The van der Waals surface area contributed by atoms with E-state index in [0.29, 0.717) is 5.69 Å². The second kappa shape index (κ2) is 5.45. The molecule has 0 heterocycles. The first-order valence-electron chi connectivity index (χ1n) is 4.35. The molecule has 0 aliphatic carbocycles. The van der Waals surface area contributed by atoms with Crippen molar-refractivity contribution in [3.63, 3.8) is 0 Å². The Kier molecular flexibility index (Phi) is 4.49. The highest BCUT2D eigenvalue weighted by molar-refractivity contribution is 9.13. The number of halogens is 2. The Bertz CT molecular complexity index is 434. The van der Waals surface area contributed by atoms with Gasteiger partial charge in [-0.3, -0.25) is 9.59 Å². The maximum Gasteiger partial charge on any atom is 0.312 e. The molecule has 16 heavy (non-hydrogen) atoms. The molecule has 1 rings (SSSR count). The van der Waals surface area contributed by atoms with E-state index in [4.69, 9.17) is 5.11 Å². The summed E-state index contributed by atoms with van der Waals surface area (Å²) >= 11 is 6.62. The van der Waals surface area contributed by atoms with Gasteiger partial charge in [0.2, 0.25) is 5.91 Å². The van der Waals surface area contributed by atoms with Crippen molar-refractivity contribution < 1.29 is 14.7 Å². The monoisotopic (exact) mass is 349 g/mol. The largest absolute Gasteiger partial charge is 0.481 e. The Hall–Kier alpha value is -0.880. The van der Waals surface area contributed by atoms with Crippen LogP contribution in [0.4, 0.5) is 5.69 Å². The van der Waals surface area contributed by atoms with Crippen LogP contribution in [0.3, 0.4) is 0 Å². The van der Waals surface area contributed by atoms with Gasteiger partial charge in [0.1, 0.15) is 6.42 Å². The van der Waals surface area contributed by atoms with E-state index in [1.165, 1.54) is 4.90 Å². The Balaban J connectivity index is 2.87. The second-order valence-electron chi connectivity index (χ2n) is 3.12. The fraction of sp³-hybridized carbons (Fsp3) is 0.200. The summed E-state index contributed by atoms with van der Waals surface area (Å²) in [6.45, 7) is 0. The van der Waals surface area contributed by atoms with Gasteiger partial charge in [-0.25, -0.2) is 0 Å². The molecule has 0 aromatic heterocycles. The third kappa shape index (κ3) is 3.31. The molecule has 0 fully saturated rings. The molecule has 0 unspecified atom stereocenters. The average Bonchev–Trinajstić information content (AvgIpc) is 2.20. The summed E-state index contributed by atoms with van der Waals surface area (Å²) in [6.07, 6.45) is -0.510. The number of carboxylic acids is 1. The molecule has 0 spiro atoms. The molecule has 0 radical (unpaired) electrons. The lowest BCUT2D eigenvalue weighted by Gasteiger charge is -2.16. The van der Waals surface area contributed by atoms with Gasteiger partial charge in [0.15, 0.2) is 0 Å². The quantitative estimate of drug-likeness (QED) is 0.852. The fourth-order valence-corrected chi connectivity index (χ4v) is 1.70. The molecule has 0 aliphatic heterocycles. The zero-order valence-corrected chi connectivity index (χ0v) is 11.6. The molecule has 1 aromatic carbocycles. The second-order valence-corrected chi connectivity index (χ2v) is 4.83. The summed E-state index contributed by atoms with van der Waals surface area (Å²) in [5.41, 5.74) is 0.640. The molecule has 0 aliphatic rings. The van der Waals surface area contributed by atoms with Gasteiger partial charge in [-0.15, -0.1) is 0 Å². The number of carbonyl (C=O) groups excluding carboxylic acids is 1. The van der Waals surface area contributed by atoms with Crippen molar-refractivity contribution >= 4 is 49.4 Å². The molecule has 4 nitrogen and oxygen atoms in total. The Morgan fingerprint density at radius 1 is 1.31 bits per heavy atom. The van der Waals surface area contributed by atoms with Crippen LogP contribution in [-0.2, 0) is 9.59 Å². The van der Waals surface area contributed by atoms with Crippen LogP contribution in [-0.4, -0.2) is 24.0 Å². The highest BCUT2D eigenvalue weighted by atomic mass is 79.9. The zero-order valence-electron chi connectivity index (χ0n) is 8.41.